The summed E-state index contributed by atoms with van der Waals surface area (Å²) in [5, 5.41) is 0.588. The van der Waals surface area contributed by atoms with E-state index < -0.39 is 0 Å². The summed E-state index contributed by atoms with van der Waals surface area (Å²) in [6.07, 6.45) is 0.236. The highest BCUT2D eigenvalue weighted by Crippen LogP contribution is 2.23. The first-order valence-electron chi connectivity index (χ1n) is 7.77. The highest BCUT2D eigenvalue weighted by atomic mass is 35.5. The SMILES string of the molecule is COCCN(Cc1ccccc1)C(=O)Cc1cc(Cl)ccc1OC. The minimum absolute atomic E-state index is 0.0106. The van der Waals surface area contributed by atoms with Gasteiger partial charge in [0.1, 0.15) is 5.75 Å². The number of carbonyl (C=O) groups is 1. The molecular weight excluding hydrogens is 326 g/mol. The van der Waals surface area contributed by atoms with Gasteiger partial charge in [-0.15, -0.1) is 0 Å². The first-order valence-corrected chi connectivity index (χ1v) is 8.15. The molecule has 128 valence electrons. The van der Waals surface area contributed by atoms with Crippen molar-refractivity contribution in [3.8, 4) is 5.75 Å². The minimum Gasteiger partial charge on any atom is -0.496 e. The molecule has 2 rings (SSSR count). The molecule has 0 fully saturated rings. The Morgan fingerprint density at radius 2 is 1.88 bits per heavy atom. The van der Waals surface area contributed by atoms with Crippen molar-refractivity contribution in [1.29, 1.82) is 0 Å². The average molecular weight is 348 g/mol. The first kappa shape index (κ1) is 18.3. The van der Waals surface area contributed by atoms with Gasteiger partial charge in [0.25, 0.3) is 0 Å². The third-order valence-electron chi connectivity index (χ3n) is 3.72. The van der Waals surface area contributed by atoms with Crippen molar-refractivity contribution in [2.24, 2.45) is 0 Å². The summed E-state index contributed by atoms with van der Waals surface area (Å²) in [6.45, 7) is 1.57. The van der Waals surface area contributed by atoms with Crippen LogP contribution in [0.15, 0.2) is 48.5 Å². The molecule has 0 saturated heterocycles. The zero-order chi connectivity index (χ0) is 17.4. The molecule has 2 aromatic rings. The van der Waals surface area contributed by atoms with Crippen molar-refractivity contribution in [3.63, 3.8) is 0 Å². The van der Waals surface area contributed by atoms with Crippen LogP contribution in [0.3, 0.4) is 0 Å². The van der Waals surface area contributed by atoms with Gasteiger partial charge in [0.15, 0.2) is 0 Å². The summed E-state index contributed by atoms with van der Waals surface area (Å²) >= 11 is 6.05. The molecule has 0 atom stereocenters. The topological polar surface area (TPSA) is 38.8 Å². The van der Waals surface area contributed by atoms with Gasteiger partial charge in [-0.3, -0.25) is 4.79 Å². The summed E-state index contributed by atoms with van der Waals surface area (Å²) in [5.41, 5.74) is 1.87. The predicted octanol–water partition coefficient (Wildman–Crippen LogP) is 3.57. The summed E-state index contributed by atoms with van der Waals surface area (Å²) in [4.78, 5) is 14.6. The molecule has 0 bridgehead atoms. The maximum atomic E-state index is 12.8. The summed E-state index contributed by atoms with van der Waals surface area (Å²) in [7, 11) is 3.22. The van der Waals surface area contributed by atoms with Crippen LogP contribution >= 0.6 is 11.6 Å². The lowest BCUT2D eigenvalue weighted by Crippen LogP contribution is -2.34. The molecule has 0 aliphatic carbocycles. The number of ether oxygens (including phenoxy) is 2. The Morgan fingerprint density at radius 1 is 1.12 bits per heavy atom. The van der Waals surface area contributed by atoms with Crippen LogP contribution in [0.4, 0.5) is 0 Å². The van der Waals surface area contributed by atoms with Gasteiger partial charge in [-0.2, -0.15) is 0 Å². The van der Waals surface area contributed by atoms with E-state index in [0.29, 0.717) is 30.5 Å². The smallest absolute Gasteiger partial charge is 0.227 e. The van der Waals surface area contributed by atoms with E-state index in [4.69, 9.17) is 21.1 Å². The Kier molecular flexibility index (Phi) is 7.09. The van der Waals surface area contributed by atoms with Gasteiger partial charge in [0.2, 0.25) is 5.91 Å². The highest BCUT2D eigenvalue weighted by Gasteiger charge is 2.17. The van der Waals surface area contributed by atoms with E-state index in [2.05, 4.69) is 0 Å². The standard InChI is InChI=1S/C19H22ClNO3/c1-23-11-10-21(14-15-6-4-3-5-7-15)19(22)13-16-12-17(20)8-9-18(16)24-2/h3-9,12H,10-11,13-14H2,1-2H3. The molecule has 0 radical (unpaired) electrons. The molecule has 0 aromatic heterocycles. The number of hydrogen-bond acceptors (Lipinski definition) is 3. The van der Waals surface area contributed by atoms with Crippen LogP contribution in [-0.4, -0.2) is 38.2 Å². The molecule has 0 aliphatic rings. The Bertz CT molecular complexity index is 661. The zero-order valence-electron chi connectivity index (χ0n) is 14.0. The molecular formula is C19H22ClNO3. The molecule has 1 amide bonds. The van der Waals surface area contributed by atoms with Crippen LogP contribution in [-0.2, 0) is 22.5 Å². The second kappa shape index (κ2) is 9.30. The summed E-state index contributed by atoms with van der Waals surface area (Å²) < 4.78 is 10.5. The van der Waals surface area contributed by atoms with Crippen LogP contribution in [0.25, 0.3) is 0 Å². The normalized spacial score (nSPS) is 10.5. The third-order valence-corrected chi connectivity index (χ3v) is 3.95. The van der Waals surface area contributed by atoms with Crippen LogP contribution in [0, 0.1) is 0 Å². The maximum absolute atomic E-state index is 12.8. The van der Waals surface area contributed by atoms with Crippen LogP contribution in [0.5, 0.6) is 5.75 Å². The Morgan fingerprint density at radius 3 is 2.54 bits per heavy atom. The van der Waals surface area contributed by atoms with E-state index >= 15 is 0 Å². The van der Waals surface area contributed by atoms with E-state index in [1.165, 1.54) is 0 Å². The number of methoxy groups -OCH3 is 2. The molecule has 0 unspecified atom stereocenters. The van der Waals surface area contributed by atoms with Crippen molar-refractivity contribution >= 4 is 17.5 Å². The molecule has 0 aliphatic heterocycles. The fourth-order valence-electron chi connectivity index (χ4n) is 2.46. The predicted molar refractivity (Wildman–Crippen MR) is 95.4 cm³/mol. The molecule has 0 N–H and O–H groups in total. The maximum Gasteiger partial charge on any atom is 0.227 e. The van der Waals surface area contributed by atoms with E-state index in [1.807, 2.05) is 30.3 Å². The number of carbonyl (C=O) groups excluding carboxylic acids is 1. The van der Waals surface area contributed by atoms with Gasteiger partial charge in [0.05, 0.1) is 20.1 Å². The van der Waals surface area contributed by atoms with Crippen molar-refractivity contribution in [2.75, 3.05) is 27.4 Å². The van der Waals surface area contributed by atoms with Gasteiger partial charge in [-0.25, -0.2) is 0 Å². The Labute approximate surface area is 147 Å². The lowest BCUT2D eigenvalue weighted by Gasteiger charge is -2.23. The quantitative estimate of drug-likeness (QED) is 0.732. The van der Waals surface area contributed by atoms with Gasteiger partial charge >= 0.3 is 0 Å². The summed E-state index contributed by atoms with van der Waals surface area (Å²) in [6, 6.07) is 15.2. The molecule has 5 heteroatoms. The lowest BCUT2D eigenvalue weighted by atomic mass is 10.1. The number of rotatable bonds is 8. The van der Waals surface area contributed by atoms with Crippen LogP contribution < -0.4 is 4.74 Å². The number of benzene rings is 2. The van der Waals surface area contributed by atoms with Crippen molar-refractivity contribution < 1.29 is 14.3 Å². The number of amides is 1. The Balaban J connectivity index is 2.14. The number of nitrogens with zero attached hydrogens (tertiary/aromatic N) is 1. The second-order valence-electron chi connectivity index (χ2n) is 5.43. The fourth-order valence-corrected chi connectivity index (χ4v) is 2.65. The van der Waals surface area contributed by atoms with Crippen molar-refractivity contribution in [3.05, 3.63) is 64.7 Å². The minimum atomic E-state index is 0.0106. The largest absolute Gasteiger partial charge is 0.496 e. The van der Waals surface area contributed by atoms with E-state index in [1.54, 1.807) is 37.3 Å². The third kappa shape index (κ3) is 5.25. The monoisotopic (exact) mass is 347 g/mol. The fraction of sp³-hybridized carbons (Fsp3) is 0.316. The van der Waals surface area contributed by atoms with Crippen LogP contribution in [0.2, 0.25) is 5.02 Å². The second-order valence-corrected chi connectivity index (χ2v) is 5.86. The van der Waals surface area contributed by atoms with Crippen LogP contribution in [0.1, 0.15) is 11.1 Å². The zero-order valence-corrected chi connectivity index (χ0v) is 14.8. The average Bonchev–Trinajstić information content (AvgIpc) is 2.59. The van der Waals surface area contributed by atoms with Gasteiger partial charge in [-0.05, 0) is 23.8 Å². The first-order chi connectivity index (χ1) is 11.6. The lowest BCUT2D eigenvalue weighted by molar-refractivity contribution is -0.131. The molecule has 2 aromatic carbocycles. The van der Waals surface area contributed by atoms with Gasteiger partial charge < -0.3 is 14.4 Å². The number of halogens is 1. The number of hydrogen-bond donors (Lipinski definition) is 0. The van der Waals surface area contributed by atoms with E-state index in [-0.39, 0.29) is 12.3 Å². The van der Waals surface area contributed by atoms with Crippen molar-refractivity contribution in [2.45, 2.75) is 13.0 Å². The van der Waals surface area contributed by atoms with Crippen molar-refractivity contribution in [1.82, 2.24) is 4.90 Å². The van der Waals surface area contributed by atoms with Gasteiger partial charge in [-0.1, -0.05) is 41.9 Å². The van der Waals surface area contributed by atoms with E-state index in [0.717, 1.165) is 11.1 Å². The van der Waals surface area contributed by atoms with E-state index in [9.17, 15) is 4.79 Å². The molecule has 0 heterocycles. The summed E-state index contributed by atoms with van der Waals surface area (Å²) in [5.74, 6) is 0.677. The highest BCUT2D eigenvalue weighted by molar-refractivity contribution is 6.30. The molecule has 0 spiro atoms. The van der Waals surface area contributed by atoms with Gasteiger partial charge in [0, 0.05) is 30.8 Å². The molecule has 0 saturated carbocycles. The Hall–Kier alpha value is -2.04. The molecule has 4 nitrogen and oxygen atoms in total. The molecule has 24 heavy (non-hydrogen) atoms.